The molecule has 0 aromatic heterocycles. The predicted molar refractivity (Wildman–Crippen MR) is 38.1 cm³/mol. The molecule has 0 heterocycles. The van der Waals surface area contributed by atoms with Crippen LogP contribution in [0.25, 0.3) is 0 Å². The van der Waals surface area contributed by atoms with Crippen LogP contribution in [0.1, 0.15) is 13.3 Å². The first kappa shape index (κ1) is 9.04. The highest BCUT2D eigenvalue weighted by atomic mass is 16.1. The molecule has 1 atom stereocenters. The summed E-state index contributed by atoms with van der Waals surface area (Å²) in [4.78, 5) is 20.8. The van der Waals surface area contributed by atoms with Crippen molar-refractivity contribution < 1.29 is 9.59 Å². The molecule has 3 nitrogen and oxygen atoms in total. The van der Waals surface area contributed by atoms with Gasteiger partial charge in [-0.05, 0) is 13.3 Å². The van der Waals surface area contributed by atoms with Crippen molar-refractivity contribution >= 4 is 12.1 Å². The molecule has 0 fully saturated rings. The number of nitrogens with two attached hydrogens (primary N) is 1. The van der Waals surface area contributed by atoms with E-state index in [4.69, 9.17) is 5.73 Å². The van der Waals surface area contributed by atoms with E-state index in [9.17, 15) is 9.59 Å². The molecule has 3 heteroatoms. The van der Waals surface area contributed by atoms with Gasteiger partial charge in [0.15, 0.2) is 5.78 Å². The van der Waals surface area contributed by atoms with E-state index < -0.39 is 5.54 Å². The Balaban J connectivity index is 4.36. The molecule has 1 unspecified atom stereocenters. The number of ketones is 1. The maximum Gasteiger partial charge on any atom is 0.228 e. The third-order valence-corrected chi connectivity index (χ3v) is 1.28. The third-order valence-electron chi connectivity index (χ3n) is 1.28. The molecule has 55 valence electrons. The van der Waals surface area contributed by atoms with Crippen LogP contribution in [-0.2, 0) is 9.59 Å². The summed E-state index contributed by atoms with van der Waals surface area (Å²) in [5.41, 5.74) is 3.84. The molecule has 0 saturated heterocycles. The Morgan fingerprint density at radius 1 is 1.90 bits per heavy atom. The van der Waals surface area contributed by atoms with Crippen molar-refractivity contribution in [3.63, 3.8) is 0 Å². The molecule has 0 saturated carbocycles. The summed E-state index contributed by atoms with van der Waals surface area (Å²) in [5, 5.41) is 0. The maximum atomic E-state index is 10.7. The standard InChI is InChI=1S/C7H10NO2/c1-3-4-7(8,5-9)6(2)10/h3H,1,4,8H2,2H3. The molecule has 0 aromatic rings. The average molecular weight is 140 g/mol. The van der Waals surface area contributed by atoms with E-state index in [0.717, 1.165) is 0 Å². The first-order valence-corrected chi connectivity index (χ1v) is 2.87. The lowest BCUT2D eigenvalue weighted by Gasteiger charge is -2.14. The van der Waals surface area contributed by atoms with Crippen molar-refractivity contribution in [3.05, 3.63) is 12.7 Å². The van der Waals surface area contributed by atoms with Crippen molar-refractivity contribution in [3.8, 4) is 0 Å². The minimum atomic E-state index is -1.47. The van der Waals surface area contributed by atoms with E-state index in [1.807, 2.05) is 0 Å². The molecule has 0 aliphatic carbocycles. The van der Waals surface area contributed by atoms with E-state index in [0.29, 0.717) is 0 Å². The Morgan fingerprint density at radius 3 is 2.50 bits per heavy atom. The monoisotopic (exact) mass is 140 g/mol. The van der Waals surface area contributed by atoms with Crippen LogP contribution in [0.5, 0.6) is 0 Å². The molecule has 1 radical (unpaired) electrons. The molecule has 0 bridgehead atoms. The van der Waals surface area contributed by atoms with Crippen molar-refractivity contribution in [1.82, 2.24) is 0 Å². The predicted octanol–water partition coefficient (Wildman–Crippen LogP) is -0.0413. The van der Waals surface area contributed by atoms with Crippen LogP contribution < -0.4 is 5.73 Å². The Labute approximate surface area is 59.9 Å². The lowest BCUT2D eigenvalue weighted by molar-refractivity contribution is -0.119. The lowest BCUT2D eigenvalue weighted by atomic mass is 9.94. The summed E-state index contributed by atoms with van der Waals surface area (Å²) in [6, 6.07) is 0. The van der Waals surface area contributed by atoms with Gasteiger partial charge in [0.1, 0.15) is 5.54 Å². The second-order valence-electron chi connectivity index (χ2n) is 2.12. The van der Waals surface area contributed by atoms with Gasteiger partial charge in [0.05, 0.1) is 0 Å². The van der Waals surface area contributed by atoms with Gasteiger partial charge in [-0.3, -0.25) is 9.59 Å². The van der Waals surface area contributed by atoms with Crippen LogP contribution in [0, 0.1) is 0 Å². The number of rotatable bonds is 4. The molecule has 0 amide bonds. The van der Waals surface area contributed by atoms with E-state index in [1.54, 1.807) is 0 Å². The molecule has 0 spiro atoms. The summed E-state index contributed by atoms with van der Waals surface area (Å²) in [7, 11) is 0. The van der Waals surface area contributed by atoms with E-state index in [-0.39, 0.29) is 12.2 Å². The van der Waals surface area contributed by atoms with Gasteiger partial charge in [0, 0.05) is 0 Å². The maximum absolute atomic E-state index is 10.7. The summed E-state index contributed by atoms with van der Waals surface area (Å²) in [6.07, 6.45) is 3.05. The molecule has 0 aliphatic heterocycles. The zero-order chi connectivity index (χ0) is 8.20. The van der Waals surface area contributed by atoms with E-state index >= 15 is 0 Å². The number of carbonyl (C=O) groups excluding carboxylic acids is 2. The normalized spacial score (nSPS) is 15.4. The minimum Gasteiger partial charge on any atom is -0.312 e. The largest absolute Gasteiger partial charge is 0.312 e. The van der Waals surface area contributed by atoms with E-state index in [1.165, 1.54) is 19.3 Å². The van der Waals surface area contributed by atoms with Gasteiger partial charge in [-0.2, -0.15) is 0 Å². The van der Waals surface area contributed by atoms with Crippen LogP contribution >= 0.6 is 0 Å². The fourth-order valence-electron chi connectivity index (χ4n) is 0.485. The number of Topliss-reactive ketones (excluding diaryl/α,β-unsaturated/α-hetero) is 1. The highest BCUT2D eigenvalue weighted by molar-refractivity contribution is 6.01. The van der Waals surface area contributed by atoms with Gasteiger partial charge in [-0.1, -0.05) is 6.08 Å². The molecule has 0 rings (SSSR count). The average Bonchev–Trinajstić information content (AvgIpc) is 1.88. The zero-order valence-electron chi connectivity index (χ0n) is 5.89. The Morgan fingerprint density at radius 2 is 2.40 bits per heavy atom. The van der Waals surface area contributed by atoms with Crippen LogP contribution in [0.2, 0.25) is 0 Å². The highest BCUT2D eigenvalue weighted by Crippen LogP contribution is 2.04. The summed E-state index contributed by atoms with van der Waals surface area (Å²) in [6.45, 7) is 4.62. The molecule has 0 aromatic carbocycles. The second kappa shape index (κ2) is 3.27. The quantitative estimate of drug-likeness (QED) is 0.440. The fourth-order valence-corrected chi connectivity index (χ4v) is 0.485. The van der Waals surface area contributed by atoms with Crippen LogP contribution in [0.15, 0.2) is 12.7 Å². The first-order valence-electron chi connectivity index (χ1n) is 2.87. The summed E-state index contributed by atoms with van der Waals surface area (Å²) < 4.78 is 0. The number of carbonyl (C=O) groups is 1. The molecular weight excluding hydrogens is 130 g/mol. The van der Waals surface area contributed by atoms with Gasteiger partial charge in [-0.15, -0.1) is 6.58 Å². The van der Waals surface area contributed by atoms with Crippen LogP contribution in [0.4, 0.5) is 0 Å². The Bertz CT molecular complexity index is 165. The zero-order valence-corrected chi connectivity index (χ0v) is 5.89. The number of hydrogen-bond donors (Lipinski definition) is 1. The molecular formula is C7H10NO2. The van der Waals surface area contributed by atoms with Crippen LogP contribution in [-0.4, -0.2) is 17.6 Å². The third kappa shape index (κ3) is 1.77. The molecule has 10 heavy (non-hydrogen) atoms. The highest BCUT2D eigenvalue weighted by Gasteiger charge is 2.29. The van der Waals surface area contributed by atoms with Gasteiger partial charge in [0.2, 0.25) is 6.29 Å². The number of hydrogen-bond acceptors (Lipinski definition) is 3. The van der Waals surface area contributed by atoms with Gasteiger partial charge in [-0.25, -0.2) is 0 Å². The molecule has 0 aliphatic rings. The van der Waals surface area contributed by atoms with Crippen molar-refractivity contribution in [1.29, 1.82) is 0 Å². The van der Waals surface area contributed by atoms with Crippen molar-refractivity contribution in [2.75, 3.05) is 0 Å². The van der Waals surface area contributed by atoms with Crippen molar-refractivity contribution in [2.45, 2.75) is 18.9 Å². The van der Waals surface area contributed by atoms with Crippen LogP contribution in [0.3, 0.4) is 0 Å². The van der Waals surface area contributed by atoms with Gasteiger partial charge < -0.3 is 5.73 Å². The van der Waals surface area contributed by atoms with Crippen molar-refractivity contribution in [2.24, 2.45) is 5.73 Å². The summed E-state index contributed by atoms with van der Waals surface area (Å²) in [5.74, 6) is -0.387. The summed E-state index contributed by atoms with van der Waals surface area (Å²) >= 11 is 0. The first-order chi connectivity index (χ1) is 4.56. The van der Waals surface area contributed by atoms with E-state index in [2.05, 4.69) is 6.58 Å². The molecule has 2 N–H and O–H groups in total. The van der Waals surface area contributed by atoms with Gasteiger partial charge >= 0.3 is 0 Å². The van der Waals surface area contributed by atoms with Gasteiger partial charge in [0.25, 0.3) is 0 Å². The Kier molecular flexibility index (Phi) is 2.96. The topological polar surface area (TPSA) is 60.2 Å². The fraction of sp³-hybridized carbons (Fsp3) is 0.429. The Hall–Kier alpha value is -0.960. The lowest BCUT2D eigenvalue weighted by Crippen LogP contribution is -2.47. The second-order valence-corrected chi connectivity index (χ2v) is 2.12. The smallest absolute Gasteiger partial charge is 0.228 e. The minimum absolute atomic E-state index is 0.145. The SMILES string of the molecule is C=CCC(N)([C]=O)C(C)=O.